The van der Waals surface area contributed by atoms with Gasteiger partial charge in [-0.25, -0.2) is 5.43 Å². The van der Waals surface area contributed by atoms with Gasteiger partial charge in [-0.2, -0.15) is 18.3 Å². The zero-order valence-corrected chi connectivity index (χ0v) is 13.5. The van der Waals surface area contributed by atoms with Crippen molar-refractivity contribution in [2.75, 3.05) is 0 Å². The maximum absolute atomic E-state index is 13.0. The summed E-state index contributed by atoms with van der Waals surface area (Å²) in [6.07, 6.45) is -5.80. The van der Waals surface area contributed by atoms with Gasteiger partial charge in [0.2, 0.25) is 0 Å². The van der Waals surface area contributed by atoms with E-state index in [-0.39, 0.29) is 15.5 Å². The number of rotatable bonds is 5. The summed E-state index contributed by atoms with van der Waals surface area (Å²) < 4.78 is 39.0. The number of amides is 1. The average Bonchev–Trinajstić information content (AvgIpc) is 3.04. The van der Waals surface area contributed by atoms with Crippen molar-refractivity contribution in [3.63, 3.8) is 0 Å². The molecular formula is C15H10ClF3N2O2S. The van der Waals surface area contributed by atoms with Gasteiger partial charge in [0.25, 0.3) is 5.91 Å². The van der Waals surface area contributed by atoms with Crippen molar-refractivity contribution >= 4 is 40.3 Å². The van der Waals surface area contributed by atoms with Crippen LogP contribution in [0.15, 0.2) is 46.9 Å². The van der Waals surface area contributed by atoms with E-state index in [4.69, 9.17) is 11.6 Å². The van der Waals surface area contributed by atoms with Gasteiger partial charge >= 0.3 is 6.18 Å². The second-order valence-corrected chi connectivity index (χ2v) is 5.97. The first kappa shape index (κ1) is 18.2. The molecule has 1 amide bonds. The van der Waals surface area contributed by atoms with Gasteiger partial charge in [0.05, 0.1) is 11.3 Å². The van der Waals surface area contributed by atoms with E-state index in [0.29, 0.717) is 0 Å². The van der Waals surface area contributed by atoms with E-state index < -0.39 is 30.0 Å². The molecule has 0 atom stereocenters. The molecule has 9 heteroatoms. The zero-order chi connectivity index (χ0) is 17.7. The number of hydrogen-bond acceptors (Lipinski definition) is 4. The van der Waals surface area contributed by atoms with Crippen molar-refractivity contribution in [1.82, 2.24) is 5.43 Å². The van der Waals surface area contributed by atoms with Crippen LogP contribution in [0.25, 0.3) is 0 Å². The minimum atomic E-state index is -4.84. The predicted octanol–water partition coefficient (Wildman–Crippen LogP) is 4.32. The Morgan fingerprint density at radius 1 is 1.21 bits per heavy atom. The van der Waals surface area contributed by atoms with Crippen molar-refractivity contribution < 1.29 is 22.8 Å². The van der Waals surface area contributed by atoms with Gasteiger partial charge in [0, 0.05) is 10.6 Å². The van der Waals surface area contributed by atoms with Gasteiger partial charge in [-0.1, -0.05) is 23.7 Å². The van der Waals surface area contributed by atoms with E-state index in [1.165, 1.54) is 30.3 Å². The SMILES string of the molecule is O=C(N/N=C(/CC(=O)c1cccs1)C(F)(F)F)c1cccc(Cl)c1. The minimum Gasteiger partial charge on any atom is -0.293 e. The van der Waals surface area contributed by atoms with Crippen LogP contribution >= 0.6 is 22.9 Å². The van der Waals surface area contributed by atoms with Gasteiger partial charge in [0.1, 0.15) is 5.71 Å². The second-order valence-electron chi connectivity index (χ2n) is 4.58. The first-order valence-corrected chi connectivity index (χ1v) is 7.79. The standard InChI is InChI=1S/C15H10ClF3N2O2S/c16-10-4-1-3-9(7-10)14(23)21-20-13(15(17,18)19)8-11(22)12-5-2-6-24-12/h1-7H,8H2,(H,21,23)/b20-13-. The number of thiophene rings is 1. The third kappa shape index (κ3) is 4.90. The van der Waals surface area contributed by atoms with Gasteiger partial charge in [0.15, 0.2) is 5.78 Å². The number of carbonyl (C=O) groups excluding carboxylic acids is 2. The number of nitrogens with one attached hydrogen (secondary N) is 1. The normalized spacial score (nSPS) is 12.1. The average molecular weight is 375 g/mol. The molecule has 0 radical (unpaired) electrons. The fourth-order valence-corrected chi connectivity index (χ4v) is 2.55. The summed E-state index contributed by atoms with van der Waals surface area (Å²) in [7, 11) is 0. The van der Waals surface area contributed by atoms with Crippen molar-refractivity contribution in [2.24, 2.45) is 5.10 Å². The molecule has 1 N–H and O–H groups in total. The lowest BCUT2D eigenvalue weighted by molar-refractivity contribution is -0.0605. The van der Waals surface area contributed by atoms with Crippen LogP contribution in [0.2, 0.25) is 5.02 Å². The molecule has 2 aromatic rings. The van der Waals surface area contributed by atoms with Crippen molar-refractivity contribution in [2.45, 2.75) is 12.6 Å². The summed E-state index contributed by atoms with van der Waals surface area (Å²) in [5.74, 6) is -1.58. The van der Waals surface area contributed by atoms with Crippen molar-refractivity contribution in [1.29, 1.82) is 0 Å². The molecule has 0 saturated carbocycles. The molecule has 2 rings (SSSR count). The molecule has 0 saturated heterocycles. The molecule has 1 aromatic carbocycles. The van der Waals surface area contributed by atoms with Crippen LogP contribution in [0.4, 0.5) is 13.2 Å². The fourth-order valence-electron chi connectivity index (χ4n) is 1.69. The lowest BCUT2D eigenvalue weighted by Crippen LogP contribution is -2.30. The van der Waals surface area contributed by atoms with Gasteiger partial charge in [-0.05, 0) is 29.6 Å². The van der Waals surface area contributed by atoms with Crippen LogP contribution in [0.1, 0.15) is 26.5 Å². The van der Waals surface area contributed by atoms with Gasteiger partial charge in [-0.15, -0.1) is 11.3 Å². The molecule has 0 unspecified atom stereocenters. The first-order chi connectivity index (χ1) is 11.3. The molecule has 0 aliphatic heterocycles. The predicted molar refractivity (Wildman–Crippen MR) is 85.7 cm³/mol. The fraction of sp³-hybridized carbons (Fsp3) is 0.133. The van der Waals surface area contributed by atoms with Gasteiger partial charge < -0.3 is 0 Å². The van der Waals surface area contributed by atoms with Crippen LogP contribution in [0.3, 0.4) is 0 Å². The second kappa shape index (κ2) is 7.59. The highest BCUT2D eigenvalue weighted by Crippen LogP contribution is 2.22. The van der Waals surface area contributed by atoms with Crippen molar-refractivity contribution in [3.8, 4) is 0 Å². The third-order valence-electron chi connectivity index (χ3n) is 2.83. The Bertz CT molecular complexity index is 773. The first-order valence-electron chi connectivity index (χ1n) is 6.54. The van der Waals surface area contributed by atoms with Crippen LogP contribution in [-0.2, 0) is 0 Å². The largest absolute Gasteiger partial charge is 0.431 e. The summed E-state index contributed by atoms with van der Waals surface area (Å²) in [5.41, 5.74) is 0.480. The number of benzene rings is 1. The number of nitrogens with zero attached hydrogens (tertiary/aromatic N) is 1. The van der Waals surface area contributed by atoms with E-state index in [2.05, 4.69) is 5.10 Å². The molecule has 24 heavy (non-hydrogen) atoms. The molecule has 126 valence electrons. The summed E-state index contributed by atoms with van der Waals surface area (Å²) in [4.78, 5) is 23.8. The van der Waals surface area contributed by atoms with Gasteiger partial charge in [-0.3, -0.25) is 9.59 Å². The molecule has 0 bridgehead atoms. The topological polar surface area (TPSA) is 58.5 Å². The number of carbonyl (C=O) groups is 2. The molecule has 0 aliphatic carbocycles. The Kier molecular flexibility index (Phi) is 5.74. The number of Topliss-reactive ketones (excluding diaryl/α,β-unsaturated/α-hetero) is 1. The van der Waals surface area contributed by atoms with Crippen molar-refractivity contribution in [3.05, 3.63) is 57.2 Å². The number of halogens is 4. The lowest BCUT2D eigenvalue weighted by atomic mass is 10.1. The van der Waals surface area contributed by atoms with E-state index in [9.17, 15) is 22.8 Å². The third-order valence-corrected chi connectivity index (χ3v) is 3.98. The van der Waals surface area contributed by atoms with E-state index in [0.717, 1.165) is 11.3 Å². The quantitative estimate of drug-likeness (QED) is 0.481. The van der Waals surface area contributed by atoms with E-state index in [1.807, 2.05) is 0 Å². The Hall–Kier alpha value is -2.19. The summed E-state index contributed by atoms with van der Waals surface area (Å²) in [5, 5.41) is 4.93. The smallest absolute Gasteiger partial charge is 0.293 e. The van der Waals surface area contributed by atoms with Crippen LogP contribution in [0.5, 0.6) is 0 Å². The number of alkyl halides is 3. The molecule has 4 nitrogen and oxygen atoms in total. The summed E-state index contributed by atoms with van der Waals surface area (Å²) in [6.45, 7) is 0. The molecule has 0 spiro atoms. The number of hydrogen-bond donors (Lipinski definition) is 1. The minimum absolute atomic E-state index is 0.0531. The number of hydrazone groups is 1. The van der Waals surface area contributed by atoms with E-state index in [1.54, 1.807) is 16.9 Å². The monoisotopic (exact) mass is 374 g/mol. The maximum atomic E-state index is 13.0. The highest BCUT2D eigenvalue weighted by atomic mass is 35.5. The Morgan fingerprint density at radius 2 is 1.96 bits per heavy atom. The molecule has 1 heterocycles. The summed E-state index contributed by atoms with van der Waals surface area (Å²) >= 11 is 6.74. The molecular weight excluding hydrogens is 365 g/mol. The van der Waals surface area contributed by atoms with Crippen LogP contribution in [-0.4, -0.2) is 23.6 Å². The van der Waals surface area contributed by atoms with Crippen LogP contribution < -0.4 is 5.43 Å². The molecule has 1 aromatic heterocycles. The molecule has 0 aliphatic rings. The van der Waals surface area contributed by atoms with E-state index >= 15 is 0 Å². The lowest BCUT2D eigenvalue weighted by Gasteiger charge is -2.10. The highest BCUT2D eigenvalue weighted by molar-refractivity contribution is 7.12. The highest BCUT2D eigenvalue weighted by Gasteiger charge is 2.37. The zero-order valence-electron chi connectivity index (χ0n) is 11.9. The molecule has 0 fully saturated rings. The Morgan fingerprint density at radius 3 is 2.54 bits per heavy atom. The van der Waals surface area contributed by atoms with Crippen LogP contribution in [0, 0.1) is 0 Å². The number of ketones is 1. The Balaban J connectivity index is 2.14. The maximum Gasteiger partial charge on any atom is 0.431 e. The Labute approximate surface area is 143 Å². The summed E-state index contributed by atoms with van der Waals surface area (Å²) in [6, 6.07) is 8.64.